The van der Waals surface area contributed by atoms with Crippen LogP contribution in [0.3, 0.4) is 0 Å². The second-order valence-electron chi connectivity index (χ2n) is 10.4. The molecule has 1 unspecified atom stereocenters. The van der Waals surface area contributed by atoms with Gasteiger partial charge in [-0.2, -0.15) is 0 Å². The first kappa shape index (κ1) is 27.7. The van der Waals surface area contributed by atoms with Crippen molar-refractivity contribution in [1.29, 1.82) is 5.41 Å². The number of ether oxygens (including phenoxy) is 2. The summed E-state index contributed by atoms with van der Waals surface area (Å²) in [6.45, 7) is 5.24. The van der Waals surface area contributed by atoms with Gasteiger partial charge >= 0.3 is 0 Å². The molecule has 38 heavy (non-hydrogen) atoms. The van der Waals surface area contributed by atoms with E-state index in [1.165, 1.54) is 32.1 Å². The van der Waals surface area contributed by atoms with Crippen LogP contribution < -0.4 is 20.3 Å². The number of nitrogens with one attached hydrogen (secondary N) is 3. The van der Waals surface area contributed by atoms with E-state index >= 15 is 0 Å². The predicted molar refractivity (Wildman–Crippen MR) is 148 cm³/mol. The van der Waals surface area contributed by atoms with Gasteiger partial charge < -0.3 is 24.3 Å². The molecule has 1 fully saturated rings. The summed E-state index contributed by atoms with van der Waals surface area (Å²) in [6, 6.07) is 5.98. The molecule has 2 heterocycles. The molecule has 1 aromatic carbocycles. The number of imidazole rings is 1. The quantitative estimate of drug-likeness (QED) is 0.252. The minimum atomic E-state index is -0.0216. The normalized spacial score (nSPS) is 14.6. The molecule has 206 valence electrons. The van der Waals surface area contributed by atoms with E-state index in [1.54, 1.807) is 13.4 Å². The van der Waals surface area contributed by atoms with Crippen LogP contribution in [0.25, 0.3) is 11.2 Å². The summed E-state index contributed by atoms with van der Waals surface area (Å²) in [5.74, 6) is 2.29. The van der Waals surface area contributed by atoms with Crippen molar-refractivity contribution in [2.45, 2.75) is 96.6 Å². The van der Waals surface area contributed by atoms with Crippen LogP contribution in [0, 0.1) is 5.41 Å². The van der Waals surface area contributed by atoms with Crippen LogP contribution in [-0.2, 0) is 11.3 Å². The summed E-state index contributed by atoms with van der Waals surface area (Å²) < 4.78 is 13.7. The number of hydrogen-bond acceptors (Lipinski definition) is 6. The smallest absolute Gasteiger partial charge is 0.220 e. The highest BCUT2D eigenvalue weighted by Crippen LogP contribution is 2.32. The van der Waals surface area contributed by atoms with E-state index in [4.69, 9.17) is 19.9 Å². The highest BCUT2D eigenvalue weighted by molar-refractivity contribution is 5.76. The lowest BCUT2D eigenvalue weighted by Crippen LogP contribution is -2.27. The van der Waals surface area contributed by atoms with Gasteiger partial charge in [0.1, 0.15) is 11.3 Å². The summed E-state index contributed by atoms with van der Waals surface area (Å²) in [5, 5.41) is 11.3. The van der Waals surface area contributed by atoms with E-state index < -0.39 is 0 Å². The molecule has 0 saturated heterocycles. The monoisotopic (exact) mass is 522 g/mol. The van der Waals surface area contributed by atoms with Gasteiger partial charge in [0.25, 0.3) is 0 Å². The molecule has 3 aromatic rings. The number of hydrogen-bond donors (Lipinski definition) is 3. The highest BCUT2D eigenvalue weighted by Gasteiger charge is 2.19. The number of fused-ring (bicyclic) bond motifs is 1. The number of rotatable bonds is 14. The van der Waals surface area contributed by atoms with Gasteiger partial charge in [0.15, 0.2) is 22.6 Å². The topological polar surface area (TPSA) is 118 Å². The molecule has 9 heteroatoms. The van der Waals surface area contributed by atoms with Crippen LogP contribution in [0.15, 0.2) is 24.5 Å². The third kappa shape index (κ3) is 7.14. The van der Waals surface area contributed by atoms with Gasteiger partial charge in [0.05, 0.1) is 26.1 Å². The minimum Gasteiger partial charge on any atom is -0.493 e. The van der Waals surface area contributed by atoms with Crippen molar-refractivity contribution in [1.82, 2.24) is 24.8 Å². The maximum absolute atomic E-state index is 12.3. The molecule has 0 radical (unpaired) electrons. The van der Waals surface area contributed by atoms with E-state index in [0.717, 1.165) is 48.6 Å². The van der Waals surface area contributed by atoms with Crippen LogP contribution in [-0.4, -0.2) is 45.2 Å². The van der Waals surface area contributed by atoms with E-state index in [2.05, 4.69) is 22.2 Å². The van der Waals surface area contributed by atoms with Crippen molar-refractivity contribution in [3.8, 4) is 11.5 Å². The Morgan fingerprint density at radius 2 is 2.00 bits per heavy atom. The summed E-state index contributed by atoms with van der Waals surface area (Å²) in [5.41, 5.74) is 2.45. The molecule has 2 aromatic heterocycles. The third-order valence-electron chi connectivity index (χ3n) is 7.29. The van der Waals surface area contributed by atoms with Gasteiger partial charge in [-0.15, -0.1) is 0 Å². The first-order valence-electron chi connectivity index (χ1n) is 14.1. The van der Waals surface area contributed by atoms with Gasteiger partial charge in [-0.1, -0.05) is 45.6 Å². The molecule has 3 N–H and O–H groups in total. The van der Waals surface area contributed by atoms with Crippen LogP contribution in [0.2, 0.25) is 0 Å². The van der Waals surface area contributed by atoms with Gasteiger partial charge in [0.2, 0.25) is 5.91 Å². The number of benzene rings is 1. The number of aromatic amines is 1. The Bertz CT molecular complexity index is 1260. The molecule has 9 nitrogen and oxygen atoms in total. The minimum absolute atomic E-state index is 0.0216. The Morgan fingerprint density at radius 1 is 1.21 bits per heavy atom. The summed E-state index contributed by atoms with van der Waals surface area (Å²) in [6.07, 6.45) is 12.7. The van der Waals surface area contributed by atoms with Crippen molar-refractivity contribution in [3.05, 3.63) is 41.4 Å². The maximum Gasteiger partial charge on any atom is 0.220 e. The summed E-state index contributed by atoms with van der Waals surface area (Å²) >= 11 is 0. The molecule has 4 rings (SSSR count). The van der Waals surface area contributed by atoms with E-state index in [0.29, 0.717) is 30.7 Å². The second kappa shape index (κ2) is 13.4. The first-order chi connectivity index (χ1) is 18.5. The van der Waals surface area contributed by atoms with Crippen LogP contribution in [0.4, 0.5) is 0 Å². The number of amides is 1. The van der Waals surface area contributed by atoms with E-state index in [-0.39, 0.29) is 23.4 Å². The molecule has 1 amide bonds. The van der Waals surface area contributed by atoms with Gasteiger partial charge in [-0.3, -0.25) is 10.2 Å². The van der Waals surface area contributed by atoms with Crippen molar-refractivity contribution in [2.75, 3.05) is 13.7 Å². The molecule has 0 aliphatic heterocycles. The molecule has 1 aliphatic rings. The Kier molecular flexibility index (Phi) is 9.79. The lowest BCUT2D eigenvalue weighted by Gasteiger charge is -2.17. The number of H-pyrrole nitrogens is 1. The zero-order chi connectivity index (χ0) is 26.9. The van der Waals surface area contributed by atoms with Gasteiger partial charge in [-0.05, 0) is 49.8 Å². The fourth-order valence-corrected chi connectivity index (χ4v) is 4.99. The molecule has 0 spiro atoms. The molecule has 1 saturated carbocycles. The van der Waals surface area contributed by atoms with E-state index in [1.807, 2.05) is 29.7 Å². The highest BCUT2D eigenvalue weighted by atomic mass is 16.5. The van der Waals surface area contributed by atoms with Crippen LogP contribution in [0.5, 0.6) is 11.5 Å². The summed E-state index contributed by atoms with van der Waals surface area (Å²) in [4.78, 5) is 24.7. The fraction of sp³-hybridized carbons (Fsp3) is 0.586. The first-order valence-corrected chi connectivity index (χ1v) is 14.1. The lowest BCUT2D eigenvalue weighted by atomic mass is 10.1. The molecular formula is C29H42N6O3. The molecule has 1 aliphatic carbocycles. The molecule has 1 atom stereocenters. The number of methoxy groups -OCH3 is 1. The number of carbonyl (C=O) groups excluding carboxylic acids is 1. The Hall–Kier alpha value is -3.36. The Labute approximate surface area is 224 Å². The van der Waals surface area contributed by atoms with Crippen molar-refractivity contribution in [3.63, 3.8) is 0 Å². The SMILES string of the molecule is CCCCCCCC(=O)NCC(C)c1nc2c([nH]1)c(=N)ncn2Cc1ccc(OC)c(OC2CCCC2)c1. The standard InChI is InChI=1S/C29H42N6O3/c1-4-5-6-7-8-13-25(36)31-17-20(2)28-33-26-27(30)32-19-35(29(26)34-28)18-21-14-15-23(37-3)24(16-21)38-22-11-9-10-12-22/h14-16,19-20,22,30H,4-13,17-18H2,1-3H3,(H,31,36)(H,33,34). The third-order valence-corrected chi connectivity index (χ3v) is 7.29. The van der Waals surface area contributed by atoms with Crippen LogP contribution >= 0.6 is 0 Å². The number of nitrogens with zero attached hydrogens (tertiary/aromatic N) is 3. The zero-order valence-corrected chi connectivity index (χ0v) is 23.0. The largest absolute Gasteiger partial charge is 0.493 e. The fourth-order valence-electron chi connectivity index (χ4n) is 4.99. The molecular weight excluding hydrogens is 480 g/mol. The maximum atomic E-state index is 12.3. The van der Waals surface area contributed by atoms with Crippen LogP contribution in [0.1, 0.15) is 95.4 Å². The Balaban J connectivity index is 1.44. The summed E-state index contributed by atoms with van der Waals surface area (Å²) in [7, 11) is 1.66. The Morgan fingerprint density at radius 3 is 2.76 bits per heavy atom. The number of carbonyl (C=O) groups is 1. The van der Waals surface area contributed by atoms with Gasteiger partial charge in [-0.25, -0.2) is 9.97 Å². The second-order valence-corrected chi connectivity index (χ2v) is 10.4. The van der Waals surface area contributed by atoms with Gasteiger partial charge in [0, 0.05) is 18.9 Å². The van der Waals surface area contributed by atoms with Crippen molar-refractivity contribution < 1.29 is 14.3 Å². The van der Waals surface area contributed by atoms with Crippen molar-refractivity contribution >= 4 is 17.1 Å². The molecule has 0 bridgehead atoms. The van der Waals surface area contributed by atoms with E-state index in [9.17, 15) is 4.79 Å². The number of unbranched alkanes of at least 4 members (excludes halogenated alkanes) is 4. The lowest BCUT2D eigenvalue weighted by molar-refractivity contribution is -0.121. The predicted octanol–water partition coefficient (Wildman–Crippen LogP) is 5.20. The average Bonchev–Trinajstić information content (AvgIpc) is 3.60. The average molecular weight is 523 g/mol. The zero-order valence-electron chi connectivity index (χ0n) is 23.0. The number of aromatic nitrogens is 4. The van der Waals surface area contributed by atoms with Crippen molar-refractivity contribution in [2.24, 2.45) is 0 Å².